The maximum atomic E-state index is 11.8. The van der Waals surface area contributed by atoms with Crippen LogP contribution in [0.3, 0.4) is 0 Å². The summed E-state index contributed by atoms with van der Waals surface area (Å²) in [6.45, 7) is 1.78. The van der Waals surface area contributed by atoms with Crippen molar-refractivity contribution in [2.45, 2.75) is 25.4 Å². The molecule has 3 N–H and O–H groups in total. The van der Waals surface area contributed by atoms with Gasteiger partial charge in [-0.2, -0.15) is 0 Å². The minimum absolute atomic E-state index is 0.0832. The molecule has 1 aromatic heterocycles. The molecule has 1 fully saturated rings. The number of primary amides is 1. The molecule has 0 bridgehead atoms. The summed E-state index contributed by atoms with van der Waals surface area (Å²) in [6, 6.07) is -0.484. The van der Waals surface area contributed by atoms with Crippen LogP contribution >= 0.6 is 11.8 Å². The highest BCUT2D eigenvalue weighted by molar-refractivity contribution is 8.13. The van der Waals surface area contributed by atoms with E-state index in [2.05, 4.69) is 20.6 Å². The smallest absolute Gasteiger partial charge is 0.282 e. The molecular weight excluding hydrogens is 244 g/mol. The van der Waals surface area contributed by atoms with Gasteiger partial charge in [0.05, 0.1) is 0 Å². The number of nitrogens with zero attached hydrogens (tertiary/aromatic N) is 4. The topological polar surface area (TPSA) is 118 Å². The van der Waals surface area contributed by atoms with Crippen LogP contribution in [0.4, 0.5) is 4.79 Å². The van der Waals surface area contributed by atoms with Crippen molar-refractivity contribution >= 4 is 22.9 Å². The molecule has 1 aromatic rings. The van der Waals surface area contributed by atoms with Gasteiger partial charge in [-0.3, -0.25) is 9.59 Å². The molecule has 0 saturated carbocycles. The molecule has 9 heteroatoms. The van der Waals surface area contributed by atoms with Gasteiger partial charge in [0.15, 0.2) is 5.82 Å². The molecule has 1 aliphatic heterocycles. The predicted octanol–water partition coefficient (Wildman–Crippen LogP) is -0.326. The second kappa shape index (κ2) is 4.70. The number of thioether (sulfide) groups is 1. The van der Waals surface area contributed by atoms with Crippen molar-refractivity contribution < 1.29 is 9.59 Å². The summed E-state index contributed by atoms with van der Waals surface area (Å²) in [5, 5.41) is 13.3. The number of tetrazole rings is 1. The Hall–Kier alpha value is -1.64. The van der Waals surface area contributed by atoms with Crippen LogP contribution in [-0.4, -0.2) is 48.5 Å². The van der Waals surface area contributed by atoms with E-state index in [-0.39, 0.29) is 23.7 Å². The summed E-state index contributed by atoms with van der Waals surface area (Å²) in [6.07, 6.45) is 0.129. The van der Waals surface area contributed by atoms with E-state index < -0.39 is 5.91 Å². The Bertz CT molecular complexity index is 422. The normalized spacial score (nSPS) is 21.8. The third-order valence-corrected chi connectivity index (χ3v) is 3.50. The number of hydrogen-bond acceptors (Lipinski definition) is 6. The molecule has 2 rings (SSSR count). The molecule has 1 saturated heterocycles. The second-order valence-electron chi connectivity index (χ2n) is 3.81. The first kappa shape index (κ1) is 11.8. The molecule has 1 aliphatic rings. The third kappa shape index (κ3) is 2.38. The molecule has 0 aromatic carbocycles. The molecule has 2 atom stereocenters. The summed E-state index contributed by atoms with van der Waals surface area (Å²) >= 11 is 1.19. The zero-order valence-electron chi connectivity index (χ0n) is 9.16. The number of amides is 2. The van der Waals surface area contributed by atoms with Gasteiger partial charge >= 0.3 is 0 Å². The van der Waals surface area contributed by atoms with E-state index >= 15 is 0 Å². The van der Waals surface area contributed by atoms with Crippen LogP contribution in [0.15, 0.2) is 0 Å². The quantitative estimate of drug-likeness (QED) is 0.761. The van der Waals surface area contributed by atoms with Crippen LogP contribution in [0.25, 0.3) is 0 Å². The first-order valence-corrected chi connectivity index (χ1v) is 6.05. The van der Waals surface area contributed by atoms with Gasteiger partial charge in [0, 0.05) is 18.2 Å². The molecule has 2 unspecified atom stereocenters. The summed E-state index contributed by atoms with van der Waals surface area (Å²) in [4.78, 5) is 24.2. The number of aromatic nitrogens is 4. The molecule has 0 aliphatic carbocycles. The number of aromatic amines is 1. The van der Waals surface area contributed by atoms with Gasteiger partial charge in [-0.1, -0.05) is 11.8 Å². The molecular formula is C8H12N6O2S. The fraction of sp³-hybridized carbons (Fsp3) is 0.625. The van der Waals surface area contributed by atoms with Crippen molar-refractivity contribution in [1.82, 2.24) is 25.5 Å². The van der Waals surface area contributed by atoms with Crippen LogP contribution in [-0.2, 0) is 4.79 Å². The van der Waals surface area contributed by atoms with Gasteiger partial charge in [0.1, 0.15) is 6.04 Å². The van der Waals surface area contributed by atoms with Gasteiger partial charge in [0.2, 0.25) is 5.91 Å². The Balaban J connectivity index is 2.17. The van der Waals surface area contributed by atoms with E-state index in [9.17, 15) is 9.59 Å². The standard InChI is InChI=1S/C8H12N6O2S/c1-4(2-6(9)15)14-5(3-17-8(14)16)7-10-12-13-11-7/h4-5H,2-3H2,1H3,(H2,9,15)(H,10,11,12,13). The van der Waals surface area contributed by atoms with Crippen LogP contribution in [0.1, 0.15) is 25.2 Å². The zero-order chi connectivity index (χ0) is 12.4. The fourth-order valence-electron chi connectivity index (χ4n) is 1.83. The largest absolute Gasteiger partial charge is 0.370 e. The fourth-order valence-corrected chi connectivity index (χ4v) is 2.90. The lowest BCUT2D eigenvalue weighted by Gasteiger charge is -2.27. The van der Waals surface area contributed by atoms with E-state index in [0.717, 1.165) is 0 Å². The number of nitrogens with two attached hydrogens (primary N) is 1. The molecule has 17 heavy (non-hydrogen) atoms. The Labute approximate surface area is 101 Å². The van der Waals surface area contributed by atoms with Gasteiger partial charge in [0.25, 0.3) is 5.24 Å². The van der Waals surface area contributed by atoms with E-state index in [0.29, 0.717) is 11.6 Å². The maximum absolute atomic E-state index is 11.8. The number of carbonyl (C=O) groups excluding carboxylic acids is 2. The van der Waals surface area contributed by atoms with Gasteiger partial charge < -0.3 is 10.6 Å². The van der Waals surface area contributed by atoms with Gasteiger partial charge in [-0.05, 0) is 17.4 Å². The Kier molecular flexibility index (Phi) is 3.27. The number of hydrogen-bond donors (Lipinski definition) is 2. The highest BCUT2D eigenvalue weighted by atomic mass is 32.2. The zero-order valence-corrected chi connectivity index (χ0v) is 9.98. The lowest BCUT2D eigenvalue weighted by atomic mass is 10.1. The lowest BCUT2D eigenvalue weighted by molar-refractivity contribution is -0.118. The molecule has 8 nitrogen and oxygen atoms in total. The van der Waals surface area contributed by atoms with Crippen molar-refractivity contribution in [3.8, 4) is 0 Å². The molecule has 0 spiro atoms. The highest BCUT2D eigenvalue weighted by Crippen LogP contribution is 2.35. The molecule has 2 heterocycles. The number of H-pyrrole nitrogens is 1. The van der Waals surface area contributed by atoms with E-state index in [4.69, 9.17) is 5.73 Å². The van der Waals surface area contributed by atoms with Crippen LogP contribution in [0.2, 0.25) is 0 Å². The van der Waals surface area contributed by atoms with Crippen LogP contribution < -0.4 is 5.73 Å². The molecule has 0 radical (unpaired) electrons. The lowest BCUT2D eigenvalue weighted by Crippen LogP contribution is -2.38. The summed E-state index contributed by atoms with van der Waals surface area (Å²) in [5.41, 5.74) is 5.14. The molecule has 2 amide bonds. The van der Waals surface area contributed by atoms with Crippen LogP contribution in [0.5, 0.6) is 0 Å². The highest BCUT2D eigenvalue weighted by Gasteiger charge is 2.38. The monoisotopic (exact) mass is 256 g/mol. The first-order valence-electron chi connectivity index (χ1n) is 5.06. The molecule has 92 valence electrons. The van der Waals surface area contributed by atoms with Gasteiger partial charge in [-0.15, -0.1) is 5.10 Å². The SMILES string of the molecule is CC(CC(N)=O)N1C(=O)SCC1c1nnn[nH]1. The summed E-state index contributed by atoms with van der Waals surface area (Å²) in [5.74, 6) is 0.662. The van der Waals surface area contributed by atoms with Crippen molar-refractivity contribution in [2.24, 2.45) is 5.73 Å². The van der Waals surface area contributed by atoms with Crippen LogP contribution in [0, 0.1) is 0 Å². The second-order valence-corrected chi connectivity index (χ2v) is 4.78. The maximum Gasteiger partial charge on any atom is 0.282 e. The van der Waals surface area contributed by atoms with Crippen molar-refractivity contribution in [2.75, 3.05) is 5.75 Å². The van der Waals surface area contributed by atoms with Crippen molar-refractivity contribution in [3.63, 3.8) is 0 Å². The minimum Gasteiger partial charge on any atom is -0.370 e. The predicted molar refractivity (Wildman–Crippen MR) is 59.9 cm³/mol. The average molecular weight is 256 g/mol. The van der Waals surface area contributed by atoms with Gasteiger partial charge in [-0.25, -0.2) is 5.10 Å². The number of carbonyl (C=O) groups is 2. The Morgan fingerprint density at radius 3 is 3.12 bits per heavy atom. The Morgan fingerprint density at radius 1 is 1.76 bits per heavy atom. The van der Waals surface area contributed by atoms with Crippen molar-refractivity contribution in [3.05, 3.63) is 5.82 Å². The third-order valence-electron chi connectivity index (χ3n) is 2.56. The Morgan fingerprint density at radius 2 is 2.53 bits per heavy atom. The van der Waals surface area contributed by atoms with E-state index in [1.54, 1.807) is 11.8 Å². The number of rotatable bonds is 4. The average Bonchev–Trinajstić information content (AvgIpc) is 2.84. The number of nitrogens with one attached hydrogen (secondary N) is 1. The first-order chi connectivity index (χ1) is 8.09. The minimum atomic E-state index is -0.434. The summed E-state index contributed by atoms with van der Waals surface area (Å²) in [7, 11) is 0. The van der Waals surface area contributed by atoms with E-state index in [1.165, 1.54) is 11.8 Å². The van der Waals surface area contributed by atoms with Crippen molar-refractivity contribution in [1.29, 1.82) is 0 Å². The summed E-state index contributed by atoms with van der Waals surface area (Å²) < 4.78 is 0. The van der Waals surface area contributed by atoms with E-state index in [1.807, 2.05) is 0 Å².